The second-order valence-corrected chi connectivity index (χ2v) is 5.36. The first kappa shape index (κ1) is 12.8. The zero-order valence-corrected chi connectivity index (χ0v) is 11.3. The van der Waals surface area contributed by atoms with Gasteiger partial charge in [0.05, 0.1) is 31.4 Å². The Morgan fingerprint density at radius 2 is 2.16 bits per heavy atom. The third kappa shape index (κ3) is 3.05. The van der Waals surface area contributed by atoms with E-state index in [4.69, 9.17) is 10.5 Å². The predicted octanol–water partition coefficient (Wildman–Crippen LogP) is 0.720. The highest BCUT2D eigenvalue weighted by Gasteiger charge is 2.18. The standard InChI is InChI=1S/C14H22N4O/c15-13-2-1-12(9-13)14-10-16-11-18(14)4-3-17-5-7-19-8-6-17/h1,10-11,13H,2-9,15H2. The van der Waals surface area contributed by atoms with Crippen molar-refractivity contribution < 1.29 is 4.74 Å². The number of nitrogens with zero attached hydrogens (tertiary/aromatic N) is 3. The maximum atomic E-state index is 5.97. The second-order valence-electron chi connectivity index (χ2n) is 5.36. The minimum absolute atomic E-state index is 0.289. The van der Waals surface area contributed by atoms with Gasteiger partial charge in [-0.2, -0.15) is 0 Å². The van der Waals surface area contributed by atoms with Gasteiger partial charge in [0, 0.05) is 32.2 Å². The number of morpholine rings is 1. The van der Waals surface area contributed by atoms with E-state index in [-0.39, 0.29) is 6.04 Å². The molecular formula is C14H22N4O. The molecule has 0 aromatic carbocycles. The molecule has 1 fully saturated rings. The topological polar surface area (TPSA) is 56.3 Å². The van der Waals surface area contributed by atoms with Gasteiger partial charge in [-0.1, -0.05) is 6.08 Å². The van der Waals surface area contributed by atoms with Crippen LogP contribution < -0.4 is 5.73 Å². The van der Waals surface area contributed by atoms with Crippen molar-refractivity contribution in [3.05, 3.63) is 24.3 Å². The van der Waals surface area contributed by atoms with Gasteiger partial charge in [0.2, 0.25) is 0 Å². The van der Waals surface area contributed by atoms with Crippen LogP contribution in [0.25, 0.3) is 5.57 Å². The highest BCUT2D eigenvalue weighted by atomic mass is 16.5. The van der Waals surface area contributed by atoms with Crippen molar-refractivity contribution in [2.24, 2.45) is 5.73 Å². The van der Waals surface area contributed by atoms with Crippen molar-refractivity contribution in [3.8, 4) is 0 Å². The van der Waals surface area contributed by atoms with Crippen LogP contribution in [0, 0.1) is 0 Å². The number of ether oxygens (including phenoxy) is 1. The normalized spacial score (nSPS) is 24.7. The average Bonchev–Trinajstić information content (AvgIpc) is 3.06. The van der Waals surface area contributed by atoms with Crippen molar-refractivity contribution in [1.82, 2.24) is 14.5 Å². The van der Waals surface area contributed by atoms with Crippen molar-refractivity contribution in [3.63, 3.8) is 0 Å². The van der Waals surface area contributed by atoms with Gasteiger partial charge in [-0.25, -0.2) is 4.98 Å². The SMILES string of the molecule is NC1CC=C(c2cncn2CCN2CCOCC2)C1. The maximum Gasteiger partial charge on any atom is 0.0951 e. The lowest BCUT2D eigenvalue weighted by molar-refractivity contribution is 0.0363. The van der Waals surface area contributed by atoms with Gasteiger partial charge in [0.1, 0.15) is 0 Å². The average molecular weight is 262 g/mol. The molecule has 3 rings (SSSR count). The van der Waals surface area contributed by atoms with Gasteiger partial charge < -0.3 is 15.0 Å². The van der Waals surface area contributed by atoms with E-state index in [9.17, 15) is 0 Å². The lowest BCUT2D eigenvalue weighted by Crippen LogP contribution is -2.38. The molecule has 1 aliphatic heterocycles. The molecule has 1 aromatic heterocycles. The number of rotatable bonds is 4. The van der Waals surface area contributed by atoms with E-state index >= 15 is 0 Å². The minimum atomic E-state index is 0.289. The Bertz CT molecular complexity index is 448. The third-order valence-electron chi connectivity index (χ3n) is 3.95. The van der Waals surface area contributed by atoms with Crippen LogP contribution in [0.5, 0.6) is 0 Å². The monoisotopic (exact) mass is 262 g/mol. The minimum Gasteiger partial charge on any atom is -0.379 e. The van der Waals surface area contributed by atoms with Gasteiger partial charge in [-0.15, -0.1) is 0 Å². The Morgan fingerprint density at radius 3 is 2.89 bits per heavy atom. The van der Waals surface area contributed by atoms with E-state index in [1.165, 1.54) is 11.3 Å². The molecule has 0 radical (unpaired) electrons. The summed E-state index contributed by atoms with van der Waals surface area (Å²) in [4.78, 5) is 6.74. The molecule has 0 spiro atoms. The van der Waals surface area contributed by atoms with E-state index in [0.29, 0.717) is 0 Å². The fraction of sp³-hybridized carbons (Fsp3) is 0.643. The summed E-state index contributed by atoms with van der Waals surface area (Å²) >= 11 is 0. The summed E-state index contributed by atoms with van der Waals surface area (Å²) < 4.78 is 7.62. The van der Waals surface area contributed by atoms with Crippen LogP contribution in [0.4, 0.5) is 0 Å². The number of hydrogen-bond donors (Lipinski definition) is 1. The van der Waals surface area contributed by atoms with Crippen molar-refractivity contribution in [1.29, 1.82) is 0 Å². The van der Waals surface area contributed by atoms with Crippen LogP contribution in [-0.4, -0.2) is 53.3 Å². The first-order valence-corrected chi connectivity index (χ1v) is 7.08. The van der Waals surface area contributed by atoms with E-state index in [2.05, 4.69) is 20.5 Å². The molecule has 2 N–H and O–H groups in total. The van der Waals surface area contributed by atoms with E-state index in [1.807, 2.05) is 12.5 Å². The van der Waals surface area contributed by atoms with Crippen molar-refractivity contribution >= 4 is 5.57 Å². The molecule has 0 saturated carbocycles. The summed E-state index contributed by atoms with van der Waals surface area (Å²) in [6, 6.07) is 0.289. The summed E-state index contributed by atoms with van der Waals surface area (Å²) in [7, 11) is 0. The second kappa shape index (κ2) is 5.86. The van der Waals surface area contributed by atoms with Gasteiger partial charge in [0.15, 0.2) is 0 Å². The van der Waals surface area contributed by atoms with Gasteiger partial charge in [0.25, 0.3) is 0 Å². The van der Waals surface area contributed by atoms with Gasteiger partial charge in [-0.3, -0.25) is 4.90 Å². The van der Waals surface area contributed by atoms with E-state index in [1.54, 1.807) is 0 Å². The number of hydrogen-bond acceptors (Lipinski definition) is 4. The third-order valence-corrected chi connectivity index (χ3v) is 3.95. The Labute approximate surface area is 114 Å². The fourth-order valence-corrected chi connectivity index (χ4v) is 2.79. The molecule has 0 bridgehead atoms. The molecule has 104 valence electrons. The molecule has 5 nitrogen and oxygen atoms in total. The maximum absolute atomic E-state index is 5.97. The predicted molar refractivity (Wildman–Crippen MR) is 74.7 cm³/mol. The van der Waals surface area contributed by atoms with Crippen LogP contribution >= 0.6 is 0 Å². The Morgan fingerprint density at radius 1 is 1.32 bits per heavy atom. The van der Waals surface area contributed by atoms with Crippen LogP contribution in [0.3, 0.4) is 0 Å². The largest absolute Gasteiger partial charge is 0.379 e. The first-order chi connectivity index (χ1) is 9.33. The van der Waals surface area contributed by atoms with Gasteiger partial charge in [-0.05, 0) is 18.4 Å². The molecule has 1 aromatic rings. The highest BCUT2D eigenvalue weighted by Crippen LogP contribution is 2.26. The zero-order chi connectivity index (χ0) is 13.1. The smallest absolute Gasteiger partial charge is 0.0951 e. The van der Waals surface area contributed by atoms with Crippen LogP contribution in [0.1, 0.15) is 18.5 Å². The summed E-state index contributed by atoms with van der Waals surface area (Å²) in [5.41, 5.74) is 8.56. The van der Waals surface area contributed by atoms with E-state index in [0.717, 1.165) is 52.2 Å². The summed E-state index contributed by atoms with van der Waals surface area (Å²) in [6.07, 6.45) is 8.11. The first-order valence-electron chi connectivity index (χ1n) is 7.08. The zero-order valence-electron chi connectivity index (χ0n) is 11.3. The molecule has 1 aliphatic carbocycles. The lowest BCUT2D eigenvalue weighted by atomic mass is 10.1. The summed E-state index contributed by atoms with van der Waals surface area (Å²) in [6.45, 7) is 5.84. The van der Waals surface area contributed by atoms with Crippen molar-refractivity contribution in [2.75, 3.05) is 32.8 Å². The molecule has 5 heteroatoms. The Kier molecular flexibility index (Phi) is 3.96. The van der Waals surface area contributed by atoms with Crippen molar-refractivity contribution in [2.45, 2.75) is 25.4 Å². The lowest BCUT2D eigenvalue weighted by Gasteiger charge is -2.26. The van der Waals surface area contributed by atoms with Gasteiger partial charge >= 0.3 is 0 Å². The molecule has 1 atom stereocenters. The molecule has 1 unspecified atom stereocenters. The number of imidazole rings is 1. The molecule has 2 heterocycles. The Hall–Kier alpha value is -1.17. The fourth-order valence-electron chi connectivity index (χ4n) is 2.79. The highest BCUT2D eigenvalue weighted by molar-refractivity contribution is 5.65. The van der Waals surface area contributed by atoms with Crippen LogP contribution in [0.2, 0.25) is 0 Å². The number of nitrogens with two attached hydrogens (primary N) is 1. The quantitative estimate of drug-likeness (QED) is 0.868. The number of aromatic nitrogens is 2. The molecule has 1 saturated heterocycles. The van der Waals surface area contributed by atoms with E-state index < -0.39 is 0 Å². The molecular weight excluding hydrogens is 240 g/mol. The van der Waals surface area contributed by atoms with Crippen LogP contribution in [0.15, 0.2) is 18.6 Å². The van der Waals surface area contributed by atoms with Crippen LogP contribution in [-0.2, 0) is 11.3 Å². The Balaban J connectivity index is 1.60. The summed E-state index contributed by atoms with van der Waals surface area (Å²) in [5.74, 6) is 0. The molecule has 0 amide bonds. The summed E-state index contributed by atoms with van der Waals surface area (Å²) in [5, 5.41) is 0. The molecule has 2 aliphatic rings. The molecule has 19 heavy (non-hydrogen) atoms.